The van der Waals surface area contributed by atoms with E-state index in [2.05, 4.69) is 21.2 Å². The van der Waals surface area contributed by atoms with Gasteiger partial charge in [-0.15, -0.1) is 0 Å². The Labute approximate surface area is 118 Å². The number of aliphatic hydroxyl groups excluding tert-OH is 1. The van der Waals surface area contributed by atoms with Crippen molar-refractivity contribution in [1.29, 1.82) is 0 Å². The van der Waals surface area contributed by atoms with Crippen LogP contribution in [-0.2, 0) is 4.79 Å². The highest BCUT2D eigenvalue weighted by Crippen LogP contribution is 2.21. The molecule has 0 aliphatic rings. The Morgan fingerprint density at radius 2 is 1.89 bits per heavy atom. The van der Waals surface area contributed by atoms with Crippen molar-refractivity contribution in [2.24, 2.45) is 0 Å². The van der Waals surface area contributed by atoms with Gasteiger partial charge < -0.3 is 10.4 Å². The van der Waals surface area contributed by atoms with Crippen LogP contribution in [0, 0.1) is 5.82 Å². The number of nitrogens with one attached hydrogen (secondary N) is 1. The lowest BCUT2D eigenvalue weighted by Crippen LogP contribution is -2.21. The third-order valence-electron chi connectivity index (χ3n) is 2.55. The normalized spacial score (nSPS) is 11.9. The lowest BCUT2D eigenvalue weighted by atomic mass is 10.1. The van der Waals surface area contributed by atoms with Crippen LogP contribution >= 0.6 is 15.9 Å². The monoisotopic (exact) mass is 323 g/mol. The number of aliphatic hydroxyl groups is 1. The zero-order valence-corrected chi connectivity index (χ0v) is 11.4. The number of benzene rings is 2. The molecule has 2 N–H and O–H groups in total. The second-order valence-corrected chi connectivity index (χ2v) is 4.84. The van der Waals surface area contributed by atoms with Crippen molar-refractivity contribution in [2.75, 3.05) is 5.32 Å². The molecule has 1 amide bonds. The number of carbonyl (C=O) groups excluding carboxylic acids is 1. The van der Waals surface area contributed by atoms with Gasteiger partial charge in [-0.1, -0.05) is 46.3 Å². The maximum absolute atomic E-state index is 13.6. The fourth-order valence-corrected chi connectivity index (χ4v) is 1.91. The van der Waals surface area contributed by atoms with E-state index in [1.54, 1.807) is 36.4 Å². The van der Waals surface area contributed by atoms with Crippen LogP contribution in [0.3, 0.4) is 0 Å². The van der Waals surface area contributed by atoms with Gasteiger partial charge in [0, 0.05) is 4.47 Å². The average Bonchev–Trinajstić information content (AvgIpc) is 2.42. The van der Waals surface area contributed by atoms with E-state index in [1.165, 1.54) is 12.1 Å². The first-order valence-corrected chi connectivity index (χ1v) is 6.36. The minimum Gasteiger partial charge on any atom is -0.378 e. The Bertz CT molecular complexity index is 589. The van der Waals surface area contributed by atoms with Crippen LogP contribution < -0.4 is 5.32 Å². The number of hydrogen-bond donors (Lipinski definition) is 2. The molecule has 1 unspecified atom stereocenters. The van der Waals surface area contributed by atoms with Crippen molar-refractivity contribution in [2.45, 2.75) is 6.10 Å². The Morgan fingerprint density at radius 3 is 2.53 bits per heavy atom. The van der Waals surface area contributed by atoms with E-state index in [0.29, 0.717) is 10.0 Å². The molecular weight excluding hydrogens is 313 g/mol. The molecule has 0 saturated carbocycles. The predicted molar refractivity (Wildman–Crippen MR) is 74.1 cm³/mol. The van der Waals surface area contributed by atoms with Crippen LogP contribution in [0.15, 0.2) is 53.0 Å². The first-order valence-electron chi connectivity index (χ1n) is 5.57. The van der Waals surface area contributed by atoms with E-state index in [0.717, 1.165) is 0 Å². The molecule has 0 fully saturated rings. The molecule has 2 rings (SSSR count). The Hall–Kier alpha value is -1.72. The zero-order valence-electron chi connectivity index (χ0n) is 9.81. The van der Waals surface area contributed by atoms with Crippen LogP contribution in [0.1, 0.15) is 11.7 Å². The fourth-order valence-electron chi connectivity index (χ4n) is 1.58. The Balaban J connectivity index is 2.13. The summed E-state index contributed by atoms with van der Waals surface area (Å²) >= 11 is 3.13. The summed E-state index contributed by atoms with van der Waals surface area (Å²) in [5.74, 6) is -1.24. The molecule has 0 aliphatic heterocycles. The van der Waals surface area contributed by atoms with Gasteiger partial charge in [0.05, 0.1) is 5.69 Å². The van der Waals surface area contributed by atoms with Gasteiger partial charge in [-0.3, -0.25) is 4.79 Å². The van der Waals surface area contributed by atoms with Gasteiger partial charge in [0.1, 0.15) is 5.82 Å². The van der Waals surface area contributed by atoms with Crippen molar-refractivity contribution in [3.63, 3.8) is 0 Å². The molecular formula is C14H11BrFNO2. The smallest absolute Gasteiger partial charge is 0.257 e. The van der Waals surface area contributed by atoms with Crippen LogP contribution in [0.25, 0.3) is 0 Å². The second kappa shape index (κ2) is 5.95. The van der Waals surface area contributed by atoms with E-state index in [9.17, 15) is 14.3 Å². The fraction of sp³-hybridized carbons (Fsp3) is 0.0714. The summed E-state index contributed by atoms with van der Waals surface area (Å²) in [6, 6.07) is 12.7. The second-order valence-electron chi connectivity index (χ2n) is 3.93. The molecule has 5 heteroatoms. The van der Waals surface area contributed by atoms with E-state index < -0.39 is 17.8 Å². The number of carbonyl (C=O) groups is 1. The van der Waals surface area contributed by atoms with Crippen LogP contribution in [0.5, 0.6) is 0 Å². The van der Waals surface area contributed by atoms with Crippen molar-refractivity contribution in [1.82, 2.24) is 0 Å². The summed E-state index contributed by atoms with van der Waals surface area (Å²) in [6.45, 7) is 0. The van der Waals surface area contributed by atoms with Crippen molar-refractivity contribution in [3.8, 4) is 0 Å². The van der Waals surface area contributed by atoms with Crippen LogP contribution in [-0.4, -0.2) is 11.0 Å². The van der Waals surface area contributed by atoms with Gasteiger partial charge in [0.15, 0.2) is 6.10 Å². The van der Waals surface area contributed by atoms with E-state index in [4.69, 9.17) is 0 Å². The molecule has 2 aromatic rings. The van der Waals surface area contributed by atoms with E-state index in [1.807, 2.05) is 0 Å². The standard InChI is InChI=1S/C14H11BrFNO2/c15-10-6-7-12(11(16)8-10)17-14(19)13(18)9-4-2-1-3-5-9/h1-8,13,18H,(H,17,19). The summed E-state index contributed by atoms with van der Waals surface area (Å²) in [6.07, 6.45) is -1.33. The van der Waals surface area contributed by atoms with Gasteiger partial charge in [-0.05, 0) is 23.8 Å². The molecule has 0 radical (unpaired) electrons. The van der Waals surface area contributed by atoms with Gasteiger partial charge in [-0.25, -0.2) is 4.39 Å². The van der Waals surface area contributed by atoms with Crippen LogP contribution in [0.4, 0.5) is 10.1 Å². The van der Waals surface area contributed by atoms with E-state index in [-0.39, 0.29) is 5.69 Å². The largest absolute Gasteiger partial charge is 0.378 e. The summed E-state index contributed by atoms with van der Waals surface area (Å²) in [7, 11) is 0. The molecule has 0 bridgehead atoms. The third-order valence-corrected chi connectivity index (χ3v) is 3.05. The van der Waals surface area contributed by atoms with Crippen molar-refractivity contribution >= 4 is 27.5 Å². The number of halogens is 2. The molecule has 3 nitrogen and oxygen atoms in total. The SMILES string of the molecule is O=C(Nc1ccc(Br)cc1F)C(O)c1ccccc1. The van der Waals surface area contributed by atoms with Crippen LogP contribution in [0.2, 0.25) is 0 Å². The Morgan fingerprint density at radius 1 is 1.21 bits per heavy atom. The summed E-state index contributed by atoms with van der Waals surface area (Å²) in [4.78, 5) is 11.8. The molecule has 2 aromatic carbocycles. The number of amides is 1. The molecule has 0 aliphatic carbocycles. The molecule has 0 saturated heterocycles. The summed E-state index contributed by atoms with van der Waals surface area (Å²) in [5, 5.41) is 12.2. The molecule has 0 spiro atoms. The molecule has 19 heavy (non-hydrogen) atoms. The summed E-state index contributed by atoms with van der Waals surface area (Å²) < 4.78 is 14.1. The highest BCUT2D eigenvalue weighted by atomic mass is 79.9. The number of hydrogen-bond acceptors (Lipinski definition) is 2. The van der Waals surface area contributed by atoms with Gasteiger partial charge >= 0.3 is 0 Å². The minimum absolute atomic E-state index is 0.0307. The average molecular weight is 324 g/mol. The minimum atomic E-state index is -1.33. The highest BCUT2D eigenvalue weighted by molar-refractivity contribution is 9.10. The van der Waals surface area contributed by atoms with Crippen molar-refractivity contribution in [3.05, 3.63) is 64.4 Å². The lowest BCUT2D eigenvalue weighted by molar-refractivity contribution is -0.124. The molecule has 0 heterocycles. The lowest BCUT2D eigenvalue weighted by Gasteiger charge is -2.12. The molecule has 1 atom stereocenters. The zero-order chi connectivity index (χ0) is 13.8. The first-order chi connectivity index (χ1) is 9.08. The quantitative estimate of drug-likeness (QED) is 0.910. The van der Waals surface area contributed by atoms with Gasteiger partial charge in [0.25, 0.3) is 5.91 Å². The third kappa shape index (κ3) is 3.39. The highest BCUT2D eigenvalue weighted by Gasteiger charge is 2.18. The number of anilines is 1. The Kier molecular flexibility index (Phi) is 4.29. The molecule has 0 aromatic heterocycles. The van der Waals surface area contributed by atoms with Gasteiger partial charge in [0.2, 0.25) is 0 Å². The van der Waals surface area contributed by atoms with Crippen molar-refractivity contribution < 1.29 is 14.3 Å². The topological polar surface area (TPSA) is 49.3 Å². The predicted octanol–water partition coefficient (Wildman–Crippen LogP) is 3.26. The molecule has 98 valence electrons. The number of rotatable bonds is 3. The first kappa shape index (κ1) is 13.7. The van der Waals surface area contributed by atoms with E-state index >= 15 is 0 Å². The maximum Gasteiger partial charge on any atom is 0.257 e. The summed E-state index contributed by atoms with van der Waals surface area (Å²) in [5.41, 5.74) is 0.487. The van der Waals surface area contributed by atoms with Gasteiger partial charge in [-0.2, -0.15) is 0 Å². The maximum atomic E-state index is 13.6.